The van der Waals surface area contributed by atoms with Gasteiger partial charge in [0.1, 0.15) is 6.33 Å². The number of benzene rings is 2. The van der Waals surface area contributed by atoms with Crippen LogP contribution in [0, 0.1) is 5.92 Å². The van der Waals surface area contributed by atoms with Gasteiger partial charge in [0.25, 0.3) is 5.91 Å². The lowest BCUT2D eigenvalue weighted by atomic mass is 10.1. The number of hydrogen-bond acceptors (Lipinski definition) is 6. The maximum Gasteiger partial charge on any atom is 0.260 e. The van der Waals surface area contributed by atoms with Gasteiger partial charge in [-0.25, -0.2) is 9.67 Å². The molecule has 4 rings (SSSR count). The van der Waals surface area contributed by atoms with Crippen molar-refractivity contribution in [1.82, 2.24) is 25.2 Å². The highest BCUT2D eigenvalue weighted by atomic mass is 32.1. The Morgan fingerprint density at radius 2 is 1.93 bits per heavy atom. The summed E-state index contributed by atoms with van der Waals surface area (Å²) in [5, 5.41) is 11.8. The van der Waals surface area contributed by atoms with E-state index in [-0.39, 0.29) is 5.91 Å². The van der Waals surface area contributed by atoms with Gasteiger partial charge in [-0.3, -0.25) is 9.69 Å². The molecule has 4 aromatic rings. The first-order chi connectivity index (χ1) is 13.1. The van der Waals surface area contributed by atoms with Gasteiger partial charge in [0.05, 0.1) is 15.9 Å². The molecule has 0 atom stereocenters. The molecule has 0 aliphatic rings. The fraction of sp³-hybridized carbons (Fsp3) is 0.211. The Morgan fingerprint density at radius 1 is 1.15 bits per heavy atom. The van der Waals surface area contributed by atoms with Gasteiger partial charge in [0, 0.05) is 12.1 Å². The molecule has 0 aliphatic carbocycles. The summed E-state index contributed by atoms with van der Waals surface area (Å²) in [6, 6.07) is 15.2. The molecule has 0 saturated heterocycles. The summed E-state index contributed by atoms with van der Waals surface area (Å²) in [4.78, 5) is 19.6. The largest absolute Gasteiger partial charge is 0.284 e. The van der Waals surface area contributed by atoms with Crippen LogP contribution in [-0.4, -0.2) is 37.6 Å². The second-order valence-electron chi connectivity index (χ2n) is 6.58. The van der Waals surface area contributed by atoms with Crippen molar-refractivity contribution < 1.29 is 4.79 Å². The minimum atomic E-state index is -0.0639. The molecule has 0 bridgehead atoms. The monoisotopic (exact) mass is 378 g/mol. The van der Waals surface area contributed by atoms with E-state index in [9.17, 15) is 4.79 Å². The standard InChI is InChI=1S/C19H18N6OS/c1-13(2)11-24(19-21-16-5-3-4-6-17(16)27-19)18(26)14-7-9-15(10-8-14)25-12-20-22-23-25/h3-10,12-13H,11H2,1-2H3. The van der Waals surface area contributed by atoms with Crippen LogP contribution >= 0.6 is 11.3 Å². The van der Waals surface area contributed by atoms with Crippen LogP contribution in [0.4, 0.5) is 5.13 Å². The second-order valence-corrected chi connectivity index (χ2v) is 7.58. The van der Waals surface area contributed by atoms with Crippen LogP contribution < -0.4 is 4.90 Å². The van der Waals surface area contributed by atoms with Crippen molar-refractivity contribution in [2.45, 2.75) is 13.8 Å². The first-order valence-corrected chi connectivity index (χ1v) is 9.44. The molecule has 27 heavy (non-hydrogen) atoms. The number of carbonyl (C=O) groups is 1. The van der Waals surface area contributed by atoms with Gasteiger partial charge in [-0.1, -0.05) is 37.3 Å². The molecule has 0 spiro atoms. The zero-order valence-electron chi connectivity index (χ0n) is 15.0. The summed E-state index contributed by atoms with van der Waals surface area (Å²) in [5.74, 6) is 0.257. The number of nitrogens with zero attached hydrogens (tertiary/aromatic N) is 6. The highest BCUT2D eigenvalue weighted by molar-refractivity contribution is 7.22. The van der Waals surface area contributed by atoms with E-state index in [1.807, 2.05) is 36.4 Å². The number of rotatable bonds is 5. The summed E-state index contributed by atoms with van der Waals surface area (Å²) in [6.07, 6.45) is 1.52. The Balaban J connectivity index is 1.66. The van der Waals surface area contributed by atoms with Crippen molar-refractivity contribution in [3.8, 4) is 5.69 Å². The minimum absolute atomic E-state index is 0.0639. The smallest absolute Gasteiger partial charge is 0.260 e. The molecule has 136 valence electrons. The van der Waals surface area contributed by atoms with Gasteiger partial charge in [-0.15, -0.1) is 5.10 Å². The Morgan fingerprint density at radius 3 is 2.59 bits per heavy atom. The van der Waals surface area contributed by atoms with Crippen LogP contribution in [0.2, 0.25) is 0 Å². The van der Waals surface area contributed by atoms with Gasteiger partial charge in [0.2, 0.25) is 0 Å². The molecule has 2 heterocycles. The van der Waals surface area contributed by atoms with Crippen LogP contribution in [0.15, 0.2) is 54.9 Å². The van der Waals surface area contributed by atoms with Crippen LogP contribution in [0.25, 0.3) is 15.9 Å². The summed E-state index contributed by atoms with van der Waals surface area (Å²) in [7, 11) is 0. The minimum Gasteiger partial charge on any atom is -0.284 e. The van der Waals surface area contributed by atoms with E-state index in [1.54, 1.807) is 21.7 Å². The van der Waals surface area contributed by atoms with Crippen LogP contribution in [0.3, 0.4) is 0 Å². The van der Waals surface area contributed by atoms with Crippen molar-refractivity contribution in [2.75, 3.05) is 11.4 Å². The second kappa shape index (κ2) is 7.24. The quantitative estimate of drug-likeness (QED) is 0.530. The highest BCUT2D eigenvalue weighted by Gasteiger charge is 2.22. The normalized spacial score (nSPS) is 11.2. The fourth-order valence-corrected chi connectivity index (χ4v) is 3.75. The van der Waals surface area contributed by atoms with Crippen LogP contribution in [0.1, 0.15) is 24.2 Å². The Kier molecular flexibility index (Phi) is 4.64. The Hall–Kier alpha value is -3.13. The van der Waals surface area contributed by atoms with Crippen molar-refractivity contribution in [3.05, 3.63) is 60.4 Å². The zero-order chi connectivity index (χ0) is 18.8. The SMILES string of the molecule is CC(C)CN(C(=O)c1ccc(-n2cnnn2)cc1)c1nc2ccccc2s1. The van der Waals surface area contributed by atoms with Crippen molar-refractivity contribution >= 4 is 32.6 Å². The van der Waals surface area contributed by atoms with E-state index < -0.39 is 0 Å². The highest BCUT2D eigenvalue weighted by Crippen LogP contribution is 2.30. The maximum atomic E-state index is 13.2. The van der Waals surface area contributed by atoms with Gasteiger partial charge in [0.15, 0.2) is 5.13 Å². The molecular weight excluding hydrogens is 360 g/mol. The Bertz CT molecular complexity index is 1020. The molecule has 0 N–H and O–H groups in total. The predicted octanol–water partition coefficient (Wildman–Crippen LogP) is 3.57. The molecule has 1 amide bonds. The molecule has 2 aromatic heterocycles. The summed E-state index contributed by atoms with van der Waals surface area (Å²) in [6.45, 7) is 4.79. The van der Waals surface area contributed by atoms with E-state index in [4.69, 9.17) is 0 Å². The third kappa shape index (κ3) is 3.56. The molecular formula is C19H18N6OS. The molecule has 0 radical (unpaired) electrons. The van der Waals surface area contributed by atoms with Gasteiger partial charge >= 0.3 is 0 Å². The van der Waals surface area contributed by atoms with Gasteiger partial charge in [-0.05, 0) is 52.7 Å². The molecule has 0 fully saturated rings. The lowest BCUT2D eigenvalue weighted by molar-refractivity contribution is 0.0984. The average molecular weight is 378 g/mol. The predicted molar refractivity (Wildman–Crippen MR) is 105 cm³/mol. The van der Waals surface area contributed by atoms with Crippen molar-refractivity contribution in [3.63, 3.8) is 0 Å². The third-order valence-electron chi connectivity index (χ3n) is 4.03. The van der Waals surface area contributed by atoms with E-state index >= 15 is 0 Å². The molecule has 8 heteroatoms. The van der Waals surface area contributed by atoms with E-state index in [0.717, 1.165) is 21.0 Å². The number of anilines is 1. The molecule has 7 nitrogen and oxygen atoms in total. The van der Waals surface area contributed by atoms with Crippen LogP contribution in [0.5, 0.6) is 0 Å². The van der Waals surface area contributed by atoms with E-state index in [2.05, 4.69) is 34.4 Å². The summed E-state index contributed by atoms with van der Waals surface area (Å²) >= 11 is 1.53. The number of hydrogen-bond donors (Lipinski definition) is 0. The first kappa shape index (κ1) is 17.3. The zero-order valence-corrected chi connectivity index (χ0v) is 15.8. The number of amides is 1. The lowest BCUT2D eigenvalue weighted by Crippen LogP contribution is -2.34. The van der Waals surface area contributed by atoms with Crippen molar-refractivity contribution in [1.29, 1.82) is 0 Å². The third-order valence-corrected chi connectivity index (χ3v) is 5.09. The lowest BCUT2D eigenvalue weighted by Gasteiger charge is -2.22. The fourth-order valence-electron chi connectivity index (χ4n) is 2.78. The number of aromatic nitrogens is 5. The maximum absolute atomic E-state index is 13.2. The molecule has 0 saturated carbocycles. The molecule has 0 aliphatic heterocycles. The summed E-state index contributed by atoms with van der Waals surface area (Å²) < 4.78 is 2.62. The van der Waals surface area contributed by atoms with Crippen LogP contribution in [-0.2, 0) is 0 Å². The molecule has 0 unspecified atom stereocenters. The number of para-hydroxylation sites is 1. The molecule has 2 aromatic carbocycles. The van der Waals surface area contributed by atoms with E-state index in [0.29, 0.717) is 18.0 Å². The average Bonchev–Trinajstić information content (AvgIpc) is 3.35. The van der Waals surface area contributed by atoms with Gasteiger partial charge < -0.3 is 0 Å². The number of carbonyl (C=O) groups excluding carboxylic acids is 1. The topological polar surface area (TPSA) is 76.8 Å². The first-order valence-electron chi connectivity index (χ1n) is 8.62. The number of tetrazole rings is 1. The van der Waals surface area contributed by atoms with E-state index in [1.165, 1.54) is 17.7 Å². The number of thiazole rings is 1. The van der Waals surface area contributed by atoms with Crippen molar-refractivity contribution in [2.24, 2.45) is 5.92 Å². The Labute approximate surface area is 160 Å². The number of fused-ring (bicyclic) bond motifs is 1. The summed E-state index contributed by atoms with van der Waals surface area (Å²) in [5.41, 5.74) is 2.31. The van der Waals surface area contributed by atoms with Gasteiger partial charge in [-0.2, -0.15) is 0 Å².